The highest BCUT2D eigenvalue weighted by atomic mass is 35.5. The van der Waals surface area contributed by atoms with E-state index in [1.807, 2.05) is 67.0 Å². The Morgan fingerprint density at radius 1 is 0.354 bits per heavy atom. The Kier molecular flexibility index (Phi) is 40.9. The summed E-state index contributed by atoms with van der Waals surface area (Å²) in [5.74, 6) is 3.72. The van der Waals surface area contributed by atoms with Crippen LogP contribution in [0.15, 0.2) is 195 Å². The van der Waals surface area contributed by atoms with Gasteiger partial charge < -0.3 is 64.7 Å². The van der Waals surface area contributed by atoms with Crippen LogP contribution < -0.4 is 59.6 Å². The van der Waals surface area contributed by atoms with Crippen LogP contribution in [0.2, 0.25) is 30.1 Å². The molecule has 0 aliphatic carbocycles. The van der Waals surface area contributed by atoms with Gasteiger partial charge in [0.05, 0.1) is 120 Å². The van der Waals surface area contributed by atoms with Gasteiger partial charge in [-0.15, -0.1) is 0 Å². The third kappa shape index (κ3) is 26.5. The number of rotatable bonds is 26. The molecule has 14 aromatic rings. The number of nitrogens with one attached hydrogen (secondary N) is 3. The number of fused-ring (bicyclic) bond motifs is 3. The molecule has 6 aromatic heterocycles. The van der Waals surface area contributed by atoms with E-state index in [4.69, 9.17) is 113 Å². The Labute approximate surface area is 873 Å². The SMILES string of the molecule is C.C.C.C.C.COc1cc(OC)c(Cl)c(-c2ccc(C(=O)Nc3ccc(CN4CCNCC4(C)C)cn3)c3nccnc23)c1Cl.COc1cc(OC)c(Cl)c(-c2ccc(C(=O)O)c3nccnc23)c1Cl.COc1ccc(CN2CCN(Cc3ccc(N)nc3)C(C)(C)C2)cc1.COc1ccc(CN2CCN(Cc3ccc(NC(=O)c4ccc(-c5c(Cl)c(OC)cc(OC)c5Cl)c5nccnc45)nc3)C(C)(C)C2)cc1. The minimum absolute atomic E-state index is 0. The monoisotopic (exact) mass is 2080 g/mol. The van der Waals surface area contributed by atoms with Crippen molar-refractivity contribution in [2.24, 2.45) is 0 Å². The fourth-order valence-electron chi connectivity index (χ4n) is 17.2. The number of nitrogen functional groups attached to an aromatic ring is 1. The molecule has 17 rings (SSSR count). The average molecular weight is 2080 g/mol. The van der Waals surface area contributed by atoms with Gasteiger partial charge in [0.2, 0.25) is 0 Å². The molecular formula is C108H128Cl6N18O12. The molecule has 0 bridgehead atoms. The average Bonchev–Trinajstić information content (AvgIpc) is 0.761. The number of piperazine rings is 3. The zero-order valence-corrected chi connectivity index (χ0v) is 84.0. The van der Waals surface area contributed by atoms with E-state index < -0.39 is 5.97 Å². The van der Waals surface area contributed by atoms with Gasteiger partial charge >= 0.3 is 5.97 Å². The molecule has 6 N–H and O–H groups in total. The minimum Gasteiger partial charge on any atom is -0.497 e. The summed E-state index contributed by atoms with van der Waals surface area (Å²) in [5, 5.41) is 20.3. The van der Waals surface area contributed by atoms with Crippen molar-refractivity contribution in [2.45, 2.75) is 128 Å². The van der Waals surface area contributed by atoms with E-state index in [1.165, 1.54) is 90.2 Å². The molecule has 3 aliphatic rings. The molecule has 30 nitrogen and oxygen atoms in total. The summed E-state index contributed by atoms with van der Waals surface area (Å²) in [7, 11) is 12.4. The maximum Gasteiger partial charge on any atom is 0.337 e. The second kappa shape index (κ2) is 51.2. The number of carbonyl (C=O) groups is 3. The number of aromatic nitrogens is 9. The fourth-order valence-corrected chi connectivity index (χ4v) is 19.3. The number of halogens is 6. The molecule has 144 heavy (non-hydrogen) atoms. The van der Waals surface area contributed by atoms with Crippen LogP contribution in [0.25, 0.3) is 66.5 Å². The number of carboxylic acids is 1. The van der Waals surface area contributed by atoms with E-state index in [1.54, 1.807) is 81.3 Å². The van der Waals surface area contributed by atoms with E-state index in [0.717, 1.165) is 114 Å². The fraction of sp³-hybridized carbons (Fsp3) is 0.333. The summed E-state index contributed by atoms with van der Waals surface area (Å²) in [6, 6.07) is 42.9. The van der Waals surface area contributed by atoms with E-state index in [-0.39, 0.29) is 86.7 Å². The van der Waals surface area contributed by atoms with Crippen molar-refractivity contribution in [3.63, 3.8) is 0 Å². The maximum atomic E-state index is 13.6. The van der Waals surface area contributed by atoms with Crippen LogP contribution in [-0.4, -0.2) is 225 Å². The van der Waals surface area contributed by atoms with Gasteiger partial charge in [0.25, 0.3) is 11.8 Å². The Morgan fingerprint density at radius 2 is 0.653 bits per heavy atom. The van der Waals surface area contributed by atoms with Crippen molar-refractivity contribution in [3.8, 4) is 79.4 Å². The Hall–Kier alpha value is -12.7. The molecule has 2 amide bonds. The molecule has 0 radical (unpaired) electrons. The number of amides is 2. The second-order valence-electron chi connectivity index (χ2n) is 35.0. The predicted octanol–water partition coefficient (Wildman–Crippen LogP) is 23.1. The number of hydrogen-bond acceptors (Lipinski definition) is 27. The van der Waals surface area contributed by atoms with Crippen LogP contribution >= 0.6 is 69.6 Å². The molecular weight excluding hydrogens is 1950 g/mol. The van der Waals surface area contributed by atoms with Crippen molar-refractivity contribution < 1.29 is 57.4 Å². The van der Waals surface area contributed by atoms with Crippen LogP contribution in [0.1, 0.15) is 138 Å². The second-order valence-corrected chi connectivity index (χ2v) is 37.3. The zero-order chi connectivity index (χ0) is 99.1. The summed E-state index contributed by atoms with van der Waals surface area (Å²) in [5.41, 5.74) is 17.8. The summed E-state index contributed by atoms with van der Waals surface area (Å²) >= 11 is 39.7. The molecule has 3 saturated heterocycles. The lowest BCUT2D eigenvalue weighted by Crippen LogP contribution is -2.58. The molecule has 8 aromatic carbocycles. The zero-order valence-electron chi connectivity index (χ0n) is 79.4. The van der Waals surface area contributed by atoms with Gasteiger partial charge in [-0.1, -0.05) is 167 Å². The van der Waals surface area contributed by atoms with Crippen molar-refractivity contribution in [1.82, 2.24) is 74.7 Å². The number of carboxylic acid groups (broad SMARTS) is 1. The first kappa shape index (κ1) is 115. The number of ether oxygens (including phenoxy) is 8. The normalized spacial score (nSPS) is 14.3. The van der Waals surface area contributed by atoms with Gasteiger partial charge in [-0.3, -0.25) is 64.0 Å². The van der Waals surface area contributed by atoms with Crippen molar-refractivity contribution >= 4 is 138 Å². The van der Waals surface area contributed by atoms with Crippen molar-refractivity contribution in [1.29, 1.82) is 0 Å². The van der Waals surface area contributed by atoms with Crippen LogP contribution in [0.5, 0.6) is 46.0 Å². The van der Waals surface area contributed by atoms with Gasteiger partial charge in [0, 0.05) is 216 Å². The lowest BCUT2D eigenvalue weighted by Gasteiger charge is -2.47. The molecule has 0 spiro atoms. The Bertz CT molecular complexity index is 6680. The number of nitrogens with two attached hydrogens (primary N) is 1. The number of methoxy groups -OCH3 is 8. The highest BCUT2D eigenvalue weighted by Gasteiger charge is 2.37. The molecule has 764 valence electrons. The van der Waals surface area contributed by atoms with Crippen LogP contribution in [-0.2, 0) is 32.7 Å². The first-order chi connectivity index (χ1) is 66.8. The lowest BCUT2D eigenvalue weighted by atomic mass is 9.97. The smallest absolute Gasteiger partial charge is 0.337 e. The molecule has 9 heterocycles. The number of carbonyl (C=O) groups excluding carboxylic acids is 2. The first-order valence-corrected chi connectivity index (χ1v) is 46.7. The highest BCUT2D eigenvalue weighted by Crippen LogP contribution is 2.51. The van der Waals surface area contributed by atoms with Crippen LogP contribution in [0, 0.1) is 0 Å². The summed E-state index contributed by atoms with van der Waals surface area (Å²) in [6.07, 6.45) is 14.6. The standard InChI is InChI=1S/C37H38Cl2N6O4.C29H30Cl2N6O3.C20H28N4O.C17H12Cl2N2O4.5CH4/c1-37(2)22-44(20-23-6-9-25(47-3)10-7-23)16-17-45(37)21-24-8-13-30(42-19-24)43-36(46)27-12-11-26(34-35(27)41-15-14-40-34)31-32(38)28(48-4)18-29(49-5)33(31)39;1-29(2)16-32-11-12-37(29)15-17-5-8-22(35-14-17)36-28(38)19-7-6-18(26-27(19)34-10-9-33-26)23-24(30)20(39-3)13-21(40-4)25(23)31;1-20(2)15-23(13-16-4-7-18(25-3)8-5-16)10-11-24(20)14-17-6-9-19(21)22-12-17;1-24-10-7-11(25-2)14(19)12(13(10)18)8-3-4-9(17(22)23)16-15(8)20-5-6-21-16;;;;;/h6-15,18-19H,16-17,20-22H2,1-5H3,(H,42,43,46);5-10,13-14,32H,11-12,15-16H2,1-4H3,(H,35,36,38);4-9,12H,10-11,13-15H2,1-3H3,(H2,21,22);3-7H,1-2H3,(H,22,23);5*1H4. The number of hydrogen-bond donors (Lipinski definition) is 5. The maximum absolute atomic E-state index is 13.6. The number of aromatic carboxylic acids is 1. The minimum atomic E-state index is -1.10. The summed E-state index contributed by atoms with van der Waals surface area (Å²) in [4.78, 5) is 90.5. The van der Waals surface area contributed by atoms with E-state index in [9.17, 15) is 19.5 Å². The molecule has 0 atom stereocenters. The molecule has 3 fully saturated rings. The van der Waals surface area contributed by atoms with Gasteiger partial charge in [-0.05, 0) is 130 Å². The molecule has 3 aliphatic heterocycles. The van der Waals surface area contributed by atoms with E-state index >= 15 is 0 Å². The predicted molar refractivity (Wildman–Crippen MR) is 581 cm³/mol. The third-order valence-corrected chi connectivity index (χ3v) is 26.9. The summed E-state index contributed by atoms with van der Waals surface area (Å²) < 4.78 is 42.8. The van der Waals surface area contributed by atoms with Gasteiger partial charge in [-0.2, -0.15) is 0 Å². The van der Waals surface area contributed by atoms with Gasteiger partial charge in [-0.25, -0.2) is 19.7 Å². The highest BCUT2D eigenvalue weighted by molar-refractivity contribution is 6.43. The first-order valence-electron chi connectivity index (χ1n) is 44.4. The van der Waals surface area contributed by atoms with Crippen LogP contribution in [0.4, 0.5) is 17.5 Å². The van der Waals surface area contributed by atoms with E-state index in [0.29, 0.717) is 144 Å². The van der Waals surface area contributed by atoms with Crippen molar-refractivity contribution in [2.75, 3.05) is 132 Å². The topological polar surface area (TPSA) is 340 Å². The van der Waals surface area contributed by atoms with Gasteiger partial charge in [0.15, 0.2) is 0 Å². The van der Waals surface area contributed by atoms with Gasteiger partial charge in [0.1, 0.15) is 80.0 Å². The van der Waals surface area contributed by atoms with Crippen LogP contribution in [0.3, 0.4) is 0 Å². The molecule has 36 heteroatoms. The lowest BCUT2D eigenvalue weighted by molar-refractivity contribution is 0.0102. The third-order valence-electron chi connectivity index (χ3n) is 24.6. The van der Waals surface area contributed by atoms with Crippen molar-refractivity contribution in [3.05, 3.63) is 270 Å². The Morgan fingerprint density at radius 3 is 0.938 bits per heavy atom. The number of pyridine rings is 3. The number of nitrogens with zero attached hydrogens (tertiary/aromatic N) is 14. The molecule has 0 unspecified atom stereocenters. The number of anilines is 3. The number of benzene rings is 8. The quantitative estimate of drug-likeness (QED) is 0.0336. The largest absolute Gasteiger partial charge is 0.497 e. The molecule has 0 saturated carbocycles. The Balaban J connectivity index is 0.000000220. The van der Waals surface area contributed by atoms with E-state index in [2.05, 4.69) is 157 Å². The summed E-state index contributed by atoms with van der Waals surface area (Å²) in [6.45, 7) is 26.9.